The van der Waals surface area contributed by atoms with Gasteiger partial charge in [0.1, 0.15) is 5.70 Å². The van der Waals surface area contributed by atoms with Crippen molar-refractivity contribution in [1.82, 2.24) is 4.57 Å². The summed E-state index contributed by atoms with van der Waals surface area (Å²) in [5.41, 5.74) is -0.234. The summed E-state index contributed by atoms with van der Waals surface area (Å²) >= 11 is 2.14. The number of halogens is 3. The van der Waals surface area contributed by atoms with Gasteiger partial charge in [0.15, 0.2) is 0 Å². The number of aromatic nitrogens is 1. The summed E-state index contributed by atoms with van der Waals surface area (Å²) in [6, 6.07) is 7.90. The lowest BCUT2D eigenvalue weighted by atomic mass is 10.2. The van der Waals surface area contributed by atoms with Crippen molar-refractivity contribution in [3.63, 3.8) is 0 Å². The van der Waals surface area contributed by atoms with Crippen LogP contribution < -0.4 is 13.9 Å². The van der Waals surface area contributed by atoms with Crippen molar-refractivity contribution in [2.75, 3.05) is 0 Å². The minimum Gasteiger partial charge on any atom is -0.493 e. The Labute approximate surface area is 163 Å². The molecule has 0 fully saturated rings. The van der Waals surface area contributed by atoms with Crippen LogP contribution in [0.15, 0.2) is 63.7 Å². The van der Waals surface area contributed by atoms with Crippen LogP contribution in [0.3, 0.4) is 0 Å². The number of benzene rings is 1. The van der Waals surface area contributed by atoms with Crippen molar-refractivity contribution in [2.45, 2.75) is 6.18 Å². The molecular weight excluding hydrogens is 411 g/mol. The van der Waals surface area contributed by atoms with Gasteiger partial charge < -0.3 is 5.11 Å². The zero-order valence-electron chi connectivity index (χ0n) is 13.8. The van der Waals surface area contributed by atoms with Gasteiger partial charge >= 0.3 is 11.0 Å². The minimum atomic E-state index is -4.54. The third kappa shape index (κ3) is 3.43. The first-order valence-corrected chi connectivity index (χ1v) is 9.48. The molecule has 10 heteroatoms. The maximum Gasteiger partial charge on any atom is 0.416 e. The molecule has 142 valence electrons. The summed E-state index contributed by atoms with van der Waals surface area (Å²) in [6.07, 6.45) is 0.397. The van der Waals surface area contributed by atoms with Gasteiger partial charge in [0.25, 0.3) is 0 Å². The molecule has 5 nitrogen and oxygen atoms in total. The third-order valence-corrected chi connectivity index (χ3v) is 5.79. The first kappa shape index (κ1) is 18.4. The molecule has 1 aromatic carbocycles. The highest BCUT2D eigenvalue weighted by Crippen LogP contribution is 2.32. The summed E-state index contributed by atoms with van der Waals surface area (Å²) in [7, 11) is 0. The number of hydrogen-bond donors (Lipinski definition) is 1. The van der Waals surface area contributed by atoms with Crippen LogP contribution in [0, 0.1) is 0 Å². The Bertz CT molecular complexity index is 1280. The average Bonchev–Trinajstić information content (AvgIpc) is 3.36. The van der Waals surface area contributed by atoms with Crippen LogP contribution in [0.2, 0.25) is 0 Å². The normalized spacial score (nSPS) is 16.3. The molecule has 0 saturated heterocycles. The van der Waals surface area contributed by atoms with Gasteiger partial charge in [-0.05, 0) is 42.5 Å². The van der Waals surface area contributed by atoms with E-state index in [-0.39, 0.29) is 10.6 Å². The highest BCUT2D eigenvalue weighted by atomic mass is 32.1. The van der Waals surface area contributed by atoms with Crippen LogP contribution in [0.4, 0.5) is 13.2 Å². The van der Waals surface area contributed by atoms with E-state index in [1.54, 1.807) is 24.4 Å². The van der Waals surface area contributed by atoms with Gasteiger partial charge in [0.05, 0.1) is 26.9 Å². The van der Waals surface area contributed by atoms with E-state index < -0.39 is 22.5 Å². The van der Waals surface area contributed by atoms with Gasteiger partial charge in [-0.15, -0.1) is 16.5 Å². The van der Waals surface area contributed by atoms with E-state index in [1.165, 1.54) is 23.5 Å². The maximum absolute atomic E-state index is 12.9. The number of thiophene rings is 1. The van der Waals surface area contributed by atoms with Crippen LogP contribution in [0.25, 0.3) is 17.5 Å². The molecule has 0 spiro atoms. The van der Waals surface area contributed by atoms with E-state index in [4.69, 9.17) is 0 Å². The minimum absolute atomic E-state index is 0.0489. The summed E-state index contributed by atoms with van der Waals surface area (Å²) in [5.74, 6) is -0.405. The summed E-state index contributed by atoms with van der Waals surface area (Å²) < 4.78 is 41.3. The maximum atomic E-state index is 12.9. The summed E-state index contributed by atoms with van der Waals surface area (Å²) in [4.78, 5) is 12.0. The molecule has 3 heterocycles. The SMILES string of the molecule is O=c1sc(/C=c2/cc/c(=C3\C=CN=N3)s2)c(O)n1-c1cccc(C(F)(F)F)c1. The second kappa shape index (κ2) is 6.88. The smallest absolute Gasteiger partial charge is 0.416 e. The molecular formula is C18H10F3N3O2S2. The molecule has 0 saturated carbocycles. The zero-order chi connectivity index (χ0) is 19.9. The van der Waals surface area contributed by atoms with Crippen molar-refractivity contribution in [1.29, 1.82) is 0 Å². The Morgan fingerprint density at radius 3 is 2.68 bits per heavy atom. The van der Waals surface area contributed by atoms with Crippen molar-refractivity contribution >= 4 is 34.4 Å². The fourth-order valence-corrected chi connectivity index (χ4v) is 4.42. The topological polar surface area (TPSA) is 66.9 Å². The van der Waals surface area contributed by atoms with Crippen LogP contribution in [-0.2, 0) is 6.18 Å². The van der Waals surface area contributed by atoms with E-state index in [0.717, 1.165) is 37.1 Å². The number of aromatic hydroxyl groups is 1. The highest BCUT2D eigenvalue weighted by Gasteiger charge is 2.31. The highest BCUT2D eigenvalue weighted by molar-refractivity contribution is 7.11. The molecule has 0 atom stereocenters. The lowest BCUT2D eigenvalue weighted by Gasteiger charge is -2.09. The quantitative estimate of drug-likeness (QED) is 0.687. The summed E-state index contributed by atoms with van der Waals surface area (Å²) in [6.45, 7) is 0. The van der Waals surface area contributed by atoms with Crippen molar-refractivity contribution in [2.24, 2.45) is 10.2 Å². The molecule has 1 N–H and O–H groups in total. The fourth-order valence-electron chi connectivity index (χ4n) is 2.59. The molecule has 4 rings (SSSR count). The molecule has 1 aliphatic rings. The fraction of sp³-hybridized carbons (Fsp3) is 0.0556. The number of azo groups is 1. The van der Waals surface area contributed by atoms with Crippen molar-refractivity contribution < 1.29 is 18.3 Å². The standard InChI is InChI=1S/C18H10F3N3O2S2/c19-18(20,21)10-2-1-3-11(8-10)24-16(25)15(28-17(24)26)9-12-4-5-14(27-12)13-6-7-22-23-13/h1-9,25H/b12-9-,14-13-. The van der Waals surface area contributed by atoms with Gasteiger partial charge in [-0.1, -0.05) is 17.4 Å². The largest absolute Gasteiger partial charge is 0.493 e. The number of rotatable bonds is 2. The first-order chi connectivity index (χ1) is 13.3. The predicted molar refractivity (Wildman–Crippen MR) is 101 cm³/mol. The van der Waals surface area contributed by atoms with E-state index in [1.807, 2.05) is 6.07 Å². The average molecular weight is 421 g/mol. The molecule has 0 bridgehead atoms. The van der Waals surface area contributed by atoms with E-state index in [9.17, 15) is 23.1 Å². The van der Waals surface area contributed by atoms with Crippen molar-refractivity contribution in [3.8, 4) is 11.6 Å². The van der Waals surface area contributed by atoms with Crippen molar-refractivity contribution in [3.05, 3.63) is 77.8 Å². The Balaban J connectivity index is 1.79. The molecule has 3 aromatic rings. The van der Waals surface area contributed by atoms with Crippen LogP contribution in [0.5, 0.6) is 5.88 Å². The summed E-state index contributed by atoms with van der Waals surface area (Å²) in [5, 5.41) is 18.2. The predicted octanol–water partition coefficient (Wildman–Crippen LogP) is 3.60. The third-order valence-electron chi connectivity index (χ3n) is 3.86. The van der Waals surface area contributed by atoms with E-state index in [0.29, 0.717) is 5.70 Å². The molecule has 0 unspecified atom stereocenters. The lowest BCUT2D eigenvalue weighted by molar-refractivity contribution is -0.137. The zero-order valence-corrected chi connectivity index (χ0v) is 15.5. The number of nitrogens with zero attached hydrogens (tertiary/aromatic N) is 3. The molecule has 1 aliphatic heterocycles. The van der Waals surface area contributed by atoms with E-state index in [2.05, 4.69) is 10.2 Å². The molecule has 0 aliphatic carbocycles. The van der Waals surface area contributed by atoms with Gasteiger partial charge in [-0.25, -0.2) is 4.57 Å². The Hall–Kier alpha value is -2.98. The number of hydrogen-bond acceptors (Lipinski definition) is 6. The second-order valence-corrected chi connectivity index (χ2v) is 7.81. The van der Waals surface area contributed by atoms with Crippen LogP contribution in [-0.4, -0.2) is 9.67 Å². The van der Waals surface area contributed by atoms with Gasteiger partial charge in [-0.2, -0.15) is 18.3 Å². The van der Waals surface area contributed by atoms with Crippen LogP contribution >= 0.6 is 22.7 Å². The first-order valence-electron chi connectivity index (χ1n) is 7.85. The number of alkyl halides is 3. The molecule has 28 heavy (non-hydrogen) atoms. The van der Waals surface area contributed by atoms with E-state index >= 15 is 0 Å². The molecule has 0 radical (unpaired) electrons. The lowest BCUT2D eigenvalue weighted by Crippen LogP contribution is -2.12. The van der Waals surface area contributed by atoms with Gasteiger partial charge in [0, 0.05) is 4.53 Å². The van der Waals surface area contributed by atoms with Gasteiger partial charge in [0.2, 0.25) is 5.88 Å². The molecule has 0 amide bonds. The Morgan fingerprint density at radius 1 is 1.14 bits per heavy atom. The number of thiazole rings is 1. The Kier molecular flexibility index (Phi) is 4.52. The molecule has 2 aromatic heterocycles. The second-order valence-electron chi connectivity index (χ2n) is 5.70. The monoisotopic (exact) mass is 421 g/mol. The van der Waals surface area contributed by atoms with Gasteiger partial charge in [-0.3, -0.25) is 4.79 Å². The Morgan fingerprint density at radius 2 is 1.96 bits per heavy atom. The van der Waals surface area contributed by atoms with Crippen LogP contribution in [0.1, 0.15) is 10.4 Å².